The van der Waals surface area contributed by atoms with Crippen molar-refractivity contribution >= 4 is 5.91 Å². The molecule has 0 heterocycles. The summed E-state index contributed by atoms with van der Waals surface area (Å²) in [5.74, 6) is 5.07. The lowest BCUT2D eigenvalue weighted by molar-refractivity contribution is -0.121. The zero-order valence-electron chi connectivity index (χ0n) is 11.7. The Kier molecular flexibility index (Phi) is 6.71. The number of hydrogen-bond donors (Lipinski definition) is 2. The summed E-state index contributed by atoms with van der Waals surface area (Å²) in [5.41, 5.74) is 1.06. The number of benzene rings is 1. The van der Waals surface area contributed by atoms with Gasteiger partial charge in [-0.25, -0.2) is 4.39 Å². The Morgan fingerprint density at radius 1 is 1.45 bits per heavy atom. The molecule has 4 nitrogen and oxygen atoms in total. The third-order valence-electron chi connectivity index (χ3n) is 2.45. The first kappa shape index (κ1) is 16.2. The van der Waals surface area contributed by atoms with E-state index >= 15 is 0 Å². The molecule has 1 aromatic rings. The molecule has 1 aromatic carbocycles. The van der Waals surface area contributed by atoms with Crippen LogP contribution in [0.2, 0.25) is 0 Å². The Labute approximate surface area is 118 Å². The monoisotopic (exact) mass is 278 g/mol. The quantitative estimate of drug-likeness (QED) is 0.781. The maximum atomic E-state index is 13.6. The molecule has 0 radical (unpaired) electrons. The van der Waals surface area contributed by atoms with E-state index in [0.717, 1.165) is 0 Å². The minimum atomic E-state index is -0.372. The SMILES string of the molecule is CN(C)CC(=O)NCc1cc(C#CCCO)ccc1F. The van der Waals surface area contributed by atoms with Crippen LogP contribution in [0.1, 0.15) is 17.5 Å². The topological polar surface area (TPSA) is 52.6 Å². The molecule has 0 aliphatic rings. The second-order valence-corrected chi connectivity index (χ2v) is 4.60. The van der Waals surface area contributed by atoms with Gasteiger partial charge in [0.2, 0.25) is 5.91 Å². The second-order valence-electron chi connectivity index (χ2n) is 4.60. The first-order chi connectivity index (χ1) is 9.52. The number of hydrogen-bond acceptors (Lipinski definition) is 3. The van der Waals surface area contributed by atoms with Crippen molar-refractivity contribution in [3.63, 3.8) is 0 Å². The number of amides is 1. The molecule has 0 bridgehead atoms. The van der Waals surface area contributed by atoms with Crippen LogP contribution in [0.3, 0.4) is 0 Å². The van der Waals surface area contributed by atoms with Crippen LogP contribution in [0.25, 0.3) is 0 Å². The molecular formula is C15H19FN2O2. The molecule has 0 unspecified atom stereocenters. The molecule has 0 spiro atoms. The standard InChI is InChI=1S/C15H19FN2O2/c1-18(2)11-15(20)17-10-13-9-12(5-3-4-8-19)6-7-14(13)16/h6-7,9,19H,4,8,10-11H2,1-2H3,(H,17,20). The van der Waals surface area contributed by atoms with Crippen molar-refractivity contribution in [2.75, 3.05) is 27.2 Å². The summed E-state index contributed by atoms with van der Waals surface area (Å²) in [4.78, 5) is 13.2. The van der Waals surface area contributed by atoms with Gasteiger partial charge in [-0.15, -0.1) is 0 Å². The summed E-state index contributed by atoms with van der Waals surface area (Å²) >= 11 is 0. The molecular weight excluding hydrogens is 259 g/mol. The van der Waals surface area contributed by atoms with Gasteiger partial charge in [-0.3, -0.25) is 4.79 Å². The fourth-order valence-electron chi connectivity index (χ4n) is 1.55. The van der Waals surface area contributed by atoms with Crippen LogP contribution < -0.4 is 5.32 Å². The number of aliphatic hydroxyl groups is 1. The van der Waals surface area contributed by atoms with Crippen molar-refractivity contribution in [3.05, 3.63) is 35.1 Å². The second kappa shape index (κ2) is 8.31. The number of nitrogens with one attached hydrogen (secondary N) is 1. The summed E-state index contributed by atoms with van der Waals surface area (Å²) in [7, 11) is 3.58. The van der Waals surface area contributed by atoms with E-state index in [0.29, 0.717) is 17.5 Å². The molecule has 0 aromatic heterocycles. The van der Waals surface area contributed by atoms with Crippen molar-refractivity contribution in [1.82, 2.24) is 10.2 Å². The molecule has 0 saturated carbocycles. The molecule has 1 amide bonds. The predicted molar refractivity (Wildman–Crippen MR) is 75.4 cm³/mol. The maximum Gasteiger partial charge on any atom is 0.234 e. The molecule has 0 saturated heterocycles. The van der Waals surface area contributed by atoms with Crippen LogP contribution in [0, 0.1) is 17.7 Å². The molecule has 5 heteroatoms. The van der Waals surface area contributed by atoms with E-state index in [1.54, 1.807) is 31.1 Å². The highest BCUT2D eigenvalue weighted by atomic mass is 19.1. The maximum absolute atomic E-state index is 13.6. The molecule has 1 rings (SSSR count). The largest absolute Gasteiger partial charge is 0.395 e. The lowest BCUT2D eigenvalue weighted by atomic mass is 10.1. The minimum absolute atomic E-state index is 0.00163. The third-order valence-corrected chi connectivity index (χ3v) is 2.45. The first-order valence-corrected chi connectivity index (χ1v) is 6.32. The summed E-state index contributed by atoms with van der Waals surface area (Å²) in [5, 5.41) is 11.3. The van der Waals surface area contributed by atoms with E-state index in [1.807, 2.05) is 0 Å². The van der Waals surface area contributed by atoms with Gasteiger partial charge in [0.05, 0.1) is 13.2 Å². The lowest BCUT2D eigenvalue weighted by Crippen LogP contribution is -2.33. The highest BCUT2D eigenvalue weighted by Crippen LogP contribution is 2.09. The fourth-order valence-corrected chi connectivity index (χ4v) is 1.55. The van der Waals surface area contributed by atoms with E-state index in [2.05, 4.69) is 17.2 Å². The van der Waals surface area contributed by atoms with Crippen molar-refractivity contribution < 1.29 is 14.3 Å². The van der Waals surface area contributed by atoms with Crippen LogP contribution in [0.4, 0.5) is 4.39 Å². The van der Waals surface area contributed by atoms with Crippen molar-refractivity contribution in [2.45, 2.75) is 13.0 Å². The number of nitrogens with zero attached hydrogens (tertiary/aromatic N) is 1. The number of aliphatic hydroxyl groups excluding tert-OH is 1. The van der Waals surface area contributed by atoms with Crippen LogP contribution in [-0.4, -0.2) is 43.2 Å². The average Bonchev–Trinajstić information content (AvgIpc) is 2.38. The molecule has 0 aliphatic carbocycles. The van der Waals surface area contributed by atoms with Crippen LogP contribution in [0.15, 0.2) is 18.2 Å². The molecule has 0 aliphatic heterocycles. The number of carbonyl (C=O) groups is 1. The van der Waals surface area contributed by atoms with Gasteiger partial charge in [0, 0.05) is 24.1 Å². The molecule has 108 valence electrons. The summed E-state index contributed by atoms with van der Waals surface area (Å²) in [6, 6.07) is 4.51. The zero-order valence-corrected chi connectivity index (χ0v) is 11.7. The highest BCUT2D eigenvalue weighted by Gasteiger charge is 2.06. The van der Waals surface area contributed by atoms with Crippen LogP contribution in [-0.2, 0) is 11.3 Å². The Morgan fingerprint density at radius 2 is 2.20 bits per heavy atom. The van der Waals surface area contributed by atoms with Gasteiger partial charge in [0.15, 0.2) is 0 Å². The third kappa shape index (κ3) is 5.83. The normalized spacial score (nSPS) is 10.1. The van der Waals surface area contributed by atoms with E-state index in [1.165, 1.54) is 6.07 Å². The van der Waals surface area contributed by atoms with E-state index in [-0.39, 0.29) is 31.4 Å². The smallest absolute Gasteiger partial charge is 0.234 e. The van der Waals surface area contributed by atoms with Gasteiger partial charge in [-0.1, -0.05) is 11.8 Å². The molecule has 0 atom stereocenters. The van der Waals surface area contributed by atoms with E-state index in [9.17, 15) is 9.18 Å². The Morgan fingerprint density at radius 3 is 2.85 bits per heavy atom. The van der Waals surface area contributed by atoms with Crippen molar-refractivity contribution in [1.29, 1.82) is 0 Å². The Balaban J connectivity index is 2.68. The first-order valence-electron chi connectivity index (χ1n) is 6.32. The fraction of sp³-hybridized carbons (Fsp3) is 0.400. The van der Waals surface area contributed by atoms with Crippen LogP contribution >= 0.6 is 0 Å². The van der Waals surface area contributed by atoms with Crippen molar-refractivity contribution in [3.8, 4) is 11.8 Å². The number of likely N-dealkylation sites (N-methyl/N-ethyl adjacent to an activating group) is 1. The van der Waals surface area contributed by atoms with Crippen LogP contribution in [0.5, 0.6) is 0 Å². The lowest BCUT2D eigenvalue weighted by Gasteiger charge is -2.10. The number of rotatable bonds is 5. The zero-order chi connectivity index (χ0) is 15.0. The van der Waals surface area contributed by atoms with Gasteiger partial charge >= 0.3 is 0 Å². The van der Waals surface area contributed by atoms with E-state index < -0.39 is 0 Å². The minimum Gasteiger partial charge on any atom is -0.395 e. The summed E-state index contributed by atoms with van der Waals surface area (Å²) in [6.07, 6.45) is 0.381. The Bertz CT molecular complexity index is 518. The molecule has 20 heavy (non-hydrogen) atoms. The molecule has 2 N–H and O–H groups in total. The predicted octanol–water partition coefficient (Wildman–Crippen LogP) is 0.737. The van der Waals surface area contributed by atoms with E-state index in [4.69, 9.17) is 5.11 Å². The highest BCUT2D eigenvalue weighted by molar-refractivity contribution is 5.77. The summed E-state index contributed by atoms with van der Waals surface area (Å²) < 4.78 is 13.6. The van der Waals surface area contributed by atoms with Gasteiger partial charge in [-0.05, 0) is 32.3 Å². The summed E-state index contributed by atoms with van der Waals surface area (Å²) in [6.45, 7) is 0.396. The van der Waals surface area contributed by atoms with Gasteiger partial charge in [0.25, 0.3) is 0 Å². The van der Waals surface area contributed by atoms with Gasteiger partial charge < -0.3 is 15.3 Å². The van der Waals surface area contributed by atoms with Gasteiger partial charge in [-0.2, -0.15) is 0 Å². The molecule has 0 fully saturated rings. The van der Waals surface area contributed by atoms with Crippen molar-refractivity contribution in [2.24, 2.45) is 0 Å². The number of halogens is 1. The number of carbonyl (C=O) groups excluding carboxylic acids is 1. The van der Waals surface area contributed by atoms with Gasteiger partial charge in [0.1, 0.15) is 5.82 Å². The average molecular weight is 278 g/mol. The Hall–Kier alpha value is -1.90.